The van der Waals surface area contributed by atoms with Crippen LogP contribution in [-0.2, 0) is 9.53 Å². The monoisotopic (exact) mass is 382 g/mol. The first kappa shape index (κ1) is 19.9. The van der Waals surface area contributed by atoms with Crippen molar-refractivity contribution in [3.63, 3.8) is 0 Å². The van der Waals surface area contributed by atoms with E-state index < -0.39 is 6.10 Å². The molecule has 1 atom stereocenters. The van der Waals surface area contributed by atoms with Crippen LogP contribution in [0.2, 0.25) is 0 Å². The summed E-state index contributed by atoms with van der Waals surface area (Å²) < 4.78 is 11.2. The Hall–Kier alpha value is -2.86. The minimum Gasteiger partial charge on any atom is -0.480 e. The number of hydrogen-bond donors (Lipinski definition) is 1. The molecule has 28 heavy (non-hydrogen) atoms. The Morgan fingerprint density at radius 2 is 1.68 bits per heavy atom. The fourth-order valence-electron chi connectivity index (χ4n) is 3.17. The van der Waals surface area contributed by atoms with Crippen molar-refractivity contribution in [3.05, 3.63) is 59.2 Å². The smallest absolute Gasteiger partial charge is 0.265 e. The zero-order valence-corrected chi connectivity index (χ0v) is 16.5. The van der Waals surface area contributed by atoms with Crippen LogP contribution >= 0.6 is 0 Å². The van der Waals surface area contributed by atoms with Crippen molar-refractivity contribution < 1.29 is 19.1 Å². The van der Waals surface area contributed by atoms with Gasteiger partial charge in [0, 0.05) is 13.1 Å². The van der Waals surface area contributed by atoms with E-state index in [1.807, 2.05) is 32.0 Å². The highest BCUT2D eigenvalue weighted by Crippen LogP contribution is 2.24. The maximum atomic E-state index is 12.8. The molecule has 6 heteroatoms. The maximum absolute atomic E-state index is 12.8. The van der Waals surface area contributed by atoms with E-state index in [0.717, 1.165) is 11.1 Å². The second-order valence-electron chi connectivity index (χ2n) is 6.92. The van der Waals surface area contributed by atoms with E-state index in [-0.39, 0.29) is 11.8 Å². The summed E-state index contributed by atoms with van der Waals surface area (Å²) >= 11 is 0. The third-order valence-electron chi connectivity index (χ3n) is 4.79. The predicted molar refractivity (Wildman–Crippen MR) is 108 cm³/mol. The van der Waals surface area contributed by atoms with Gasteiger partial charge in [0.15, 0.2) is 6.10 Å². The van der Waals surface area contributed by atoms with Crippen molar-refractivity contribution in [2.75, 3.05) is 31.6 Å². The SMILES string of the molecule is Cc1cccc(C)c1OC(C)C(=O)Nc1ccccc1C(=O)N1CCOCC1. The lowest BCUT2D eigenvalue weighted by molar-refractivity contribution is -0.122. The lowest BCUT2D eigenvalue weighted by Gasteiger charge is -2.27. The first-order valence-corrected chi connectivity index (χ1v) is 9.47. The fraction of sp³-hybridized carbons (Fsp3) is 0.364. The largest absolute Gasteiger partial charge is 0.480 e. The molecule has 0 saturated carbocycles. The van der Waals surface area contributed by atoms with Crippen LogP contribution in [0.1, 0.15) is 28.4 Å². The van der Waals surface area contributed by atoms with Crippen molar-refractivity contribution >= 4 is 17.5 Å². The minimum absolute atomic E-state index is 0.109. The molecule has 1 N–H and O–H groups in total. The zero-order valence-electron chi connectivity index (χ0n) is 16.5. The normalized spacial score (nSPS) is 15.0. The summed E-state index contributed by atoms with van der Waals surface area (Å²) in [5.41, 5.74) is 2.91. The molecule has 0 spiro atoms. The molecule has 0 aliphatic carbocycles. The average Bonchev–Trinajstić information content (AvgIpc) is 2.71. The molecule has 1 unspecified atom stereocenters. The number of aryl methyl sites for hydroxylation is 2. The van der Waals surface area contributed by atoms with Gasteiger partial charge in [0.2, 0.25) is 0 Å². The van der Waals surface area contributed by atoms with Gasteiger partial charge in [0.05, 0.1) is 24.5 Å². The Kier molecular flexibility index (Phi) is 6.31. The molecule has 1 saturated heterocycles. The number of carbonyl (C=O) groups excluding carboxylic acids is 2. The molecular formula is C22H26N2O4. The fourth-order valence-corrected chi connectivity index (χ4v) is 3.17. The van der Waals surface area contributed by atoms with Gasteiger partial charge in [-0.25, -0.2) is 0 Å². The number of benzene rings is 2. The highest BCUT2D eigenvalue weighted by molar-refractivity contribution is 6.04. The second-order valence-corrected chi connectivity index (χ2v) is 6.92. The van der Waals surface area contributed by atoms with Gasteiger partial charge in [-0.1, -0.05) is 30.3 Å². The third kappa shape index (κ3) is 4.51. The minimum atomic E-state index is -0.702. The zero-order chi connectivity index (χ0) is 20.1. The molecule has 0 aromatic heterocycles. The molecule has 2 aromatic carbocycles. The van der Waals surface area contributed by atoms with Crippen LogP contribution in [0, 0.1) is 13.8 Å². The molecule has 3 rings (SSSR count). The average molecular weight is 382 g/mol. The summed E-state index contributed by atoms with van der Waals surface area (Å²) in [7, 11) is 0. The number of ether oxygens (including phenoxy) is 2. The van der Waals surface area contributed by atoms with Gasteiger partial charge in [0.1, 0.15) is 5.75 Å². The van der Waals surface area contributed by atoms with E-state index in [1.165, 1.54) is 0 Å². The van der Waals surface area contributed by atoms with E-state index >= 15 is 0 Å². The Morgan fingerprint density at radius 3 is 2.36 bits per heavy atom. The van der Waals surface area contributed by atoms with Gasteiger partial charge >= 0.3 is 0 Å². The van der Waals surface area contributed by atoms with Crippen LogP contribution in [0.15, 0.2) is 42.5 Å². The number of carbonyl (C=O) groups is 2. The summed E-state index contributed by atoms with van der Waals surface area (Å²) in [5.74, 6) is 0.301. The van der Waals surface area contributed by atoms with Crippen molar-refractivity contribution in [1.82, 2.24) is 4.90 Å². The number of hydrogen-bond acceptors (Lipinski definition) is 4. The Labute approximate surface area is 165 Å². The second kappa shape index (κ2) is 8.89. The Bertz CT molecular complexity index is 839. The molecule has 1 aliphatic rings. The molecule has 1 fully saturated rings. The Balaban J connectivity index is 1.72. The summed E-state index contributed by atoms with van der Waals surface area (Å²) in [6.07, 6.45) is -0.702. The highest BCUT2D eigenvalue weighted by Gasteiger charge is 2.23. The number of amides is 2. The summed E-state index contributed by atoms with van der Waals surface area (Å²) in [4.78, 5) is 27.3. The number of nitrogens with one attached hydrogen (secondary N) is 1. The van der Waals surface area contributed by atoms with Gasteiger partial charge < -0.3 is 19.7 Å². The van der Waals surface area contributed by atoms with Gasteiger partial charge in [-0.2, -0.15) is 0 Å². The Morgan fingerprint density at radius 1 is 1.04 bits per heavy atom. The van der Waals surface area contributed by atoms with E-state index in [9.17, 15) is 9.59 Å². The number of rotatable bonds is 5. The van der Waals surface area contributed by atoms with E-state index in [2.05, 4.69) is 5.32 Å². The molecule has 148 valence electrons. The molecular weight excluding hydrogens is 356 g/mol. The van der Waals surface area contributed by atoms with Crippen molar-refractivity contribution in [3.8, 4) is 5.75 Å². The summed E-state index contributed by atoms with van der Waals surface area (Å²) in [5, 5.41) is 2.85. The van der Waals surface area contributed by atoms with Crippen LogP contribution < -0.4 is 10.1 Å². The van der Waals surface area contributed by atoms with Crippen molar-refractivity contribution in [1.29, 1.82) is 0 Å². The predicted octanol–water partition coefficient (Wildman–Crippen LogP) is 3.18. The number of nitrogens with zero attached hydrogens (tertiary/aromatic N) is 1. The molecule has 0 bridgehead atoms. The number of anilines is 1. The molecule has 1 heterocycles. The molecule has 6 nitrogen and oxygen atoms in total. The molecule has 2 amide bonds. The molecule has 0 radical (unpaired) electrons. The van der Waals surface area contributed by atoms with Gasteiger partial charge in [-0.3, -0.25) is 9.59 Å². The quantitative estimate of drug-likeness (QED) is 0.862. The molecule has 2 aromatic rings. The first-order chi connectivity index (χ1) is 13.5. The van der Waals surface area contributed by atoms with E-state index in [1.54, 1.807) is 36.1 Å². The lowest BCUT2D eigenvalue weighted by atomic mass is 10.1. The summed E-state index contributed by atoms with van der Waals surface area (Å²) in [6.45, 7) is 7.75. The third-order valence-corrected chi connectivity index (χ3v) is 4.79. The van der Waals surface area contributed by atoms with Crippen LogP contribution in [0.5, 0.6) is 5.75 Å². The highest BCUT2D eigenvalue weighted by atomic mass is 16.5. The maximum Gasteiger partial charge on any atom is 0.265 e. The molecule has 1 aliphatic heterocycles. The van der Waals surface area contributed by atoms with Crippen molar-refractivity contribution in [2.45, 2.75) is 26.9 Å². The van der Waals surface area contributed by atoms with Crippen LogP contribution in [0.3, 0.4) is 0 Å². The van der Waals surface area contributed by atoms with Crippen LogP contribution in [0.25, 0.3) is 0 Å². The van der Waals surface area contributed by atoms with Crippen molar-refractivity contribution in [2.24, 2.45) is 0 Å². The summed E-state index contributed by atoms with van der Waals surface area (Å²) in [6, 6.07) is 12.9. The van der Waals surface area contributed by atoms with Gasteiger partial charge in [0.25, 0.3) is 11.8 Å². The van der Waals surface area contributed by atoms with Gasteiger partial charge in [-0.05, 0) is 44.0 Å². The number of morpholine rings is 1. The first-order valence-electron chi connectivity index (χ1n) is 9.47. The van der Waals surface area contributed by atoms with Crippen LogP contribution in [0.4, 0.5) is 5.69 Å². The van der Waals surface area contributed by atoms with E-state index in [0.29, 0.717) is 43.3 Å². The standard InChI is InChI=1S/C22H26N2O4/c1-15-7-6-8-16(2)20(15)28-17(3)21(25)23-19-10-5-4-9-18(19)22(26)24-11-13-27-14-12-24/h4-10,17H,11-14H2,1-3H3,(H,23,25). The van der Waals surface area contributed by atoms with Gasteiger partial charge in [-0.15, -0.1) is 0 Å². The van der Waals surface area contributed by atoms with Crippen LogP contribution in [-0.4, -0.2) is 49.1 Å². The topological polar surface area (TPSA) is 67.9 Å². The van der Waals surface area contributed by atoms with E-state index in [4.69, 9.17) is 9.47 Å². The lowest BCUT2D eigenvalue weighted by Crippen LogP contribution is -2.41. The number of para-hydroxylation sites is 2.